The second kappa shape index (κ2) is 7.72. The van der Waals surface area contributed by atoms with Gasteiger partial charge in [-0.2, -0.15) is 0 Å². The molecule has 3 aromatic rings. The fraction of sp³-hybridized carbons (Fsp3) is 0.158. The second-order valence-electron chi connectivity index (χ2n) is 5.72. The first kappa shape index (κ1) is 16.9. The molecule has 1 heterocycles. The van der Waals surface area contributed by atoms with E-state index in [4.69, 9.17) is 4.42 Å². The summed E-state index contributed by atoms with van der Waals surface area (Å²) in [6.07, 6.45) is 1.67. The van der Waals surface area contributed by atoms with Crippen molar-refractivity contribution in [3.05, 3.63) is 72.5 Å². The third kappa shape index (κ3) is 4.74. The van der Waals surface area contributed by atoms with Crippen molar-refractivity contribution in [2.45, 2.75) is 6.54 Å². The van der Waals surface area contributed by atoms with Gasteiger partial charge in [0.05, 0.1) is 19.3 Å². The van der Waals surface area contributed by atoms with Crippen LogP contribution < -0.4 is 5.32 Å². The summed E-state index contributed by atoms with van der Waals surface area (Å²) in [5, 5.41) is 2.66. The number of carbonyl (C=O) groups is 1. The lowest BCUT2D eigenvalue weighted by Gasteiger charge is -2.14. The summed E-state index contributed by atoms with van der Waals surface area (Å²) in [6.45, 7) is 0.531. The van der Waals surface area contributed by atoms with Gasteiger partial charge in [-0.25, -0.2) is 9.37 Å². The summed E-state index contributed by atoms with van der Waals surface area (Å²) >= 11 is 0. The van der Waals surface area contributed by atoms with E-state index < -0.39 is 0 Å². The predicted octanol–water partition coefficient (Wildman–Crippen LogP) is 3.55. The Morgan fingerprint density at radius 3 is 2.76 bits per heavy atom. The first-order chi connectivity index (χ1) is 12.1. The van der Waals surface area contributed by atoms with Gasteiger partial charge in [-0.05, 0) is 25.2 Å². The highest BCUT2D eigenvalue weighted by atomic mass is 19.1. The van der Waals surface area contributed by atoms with Crippen LogP contribution in [-0.2, 0) is 11.3 Å². The van der Waals surface area contributed by atoms with Crippen LogP contribution in [-0.4, -0.2) is 29.4 Å². The molecule has 0 aliphatic rings. The quantitative estimate of drug-likeness (QED) is 0.746. The van der Waals surface area contributed by atoms with Crippen LogP contribution in [0.5, 0.6) is 0 Å². The van der Waals surface area contributed by atoms with E-state index in [2.05, 4.69) is 10.3 Å². The van der Waals surface area contributed by atoms with Crippen LogP contribution in [0.4, 0.5) is 10.1 Å². The molecule has 0 unspecified atom stereocenters. The molecule has 6 heteroatoms. The van der Waals surface area contributed by atoms with Gasteiger partial charge in [0.2, 0.25) is 11.8 Å². The smallest absolute Gasteiger partial charge is 0.238 e. The maximum atomic E-state index is 13.1. The van der Waals surface area contributed by atoms with Gasteiger partial charge in [0, 0.05) is 11.3 Å². The van der Waals surface area contributed by atoms with E-state index >= 15 is 0 Å². The van der Waals surface area contributed by atoms with Crippen LogP contribution in [0.1, 0.15) is 5.89 Å². The molecule has 0 bridgehead atoms. The Morgan fingerprint density at radius 2 is 2.00 bits per heavy atom. The number of nitrogens with one attached hydrogen (secondary N) is 1. The number of benzene rings is 2. The molecule has 0 fully saturated rings. The summed E-state index contributed by atoms with van der Waals surface area (Å²) in [7, 11) is 1.79. The Kier molecular flexibility index (Phi) is 5.20. The average Bonchev–Trinajstić information content (AvgIpc) is 3.03. The minimum absolute atomic E-state index is 0.138. The third-order valence-electron chi connectivity index (χ3n) is 3.54. The normalized spacial score (nSPS) is 10.8. The standard InChI is InChI=1S/C19H18FN3O2/c1-23(12-18(24)22-16-9-5-8-15(20)10-16)13-19-21-11-17(25-19)14-6-3-2-4-7-14/h2-11H,12-13H2,1H3,(H,22,24). The zero-order chi connectivity index (χ0) is 17.6. The summed E-state index contributed by atoms with van der Waals surface area (Å²) < 4.78 is 18.8. The largest absolute Gasteiger partial charge is 0.439 e. The van der Waals surface area contributed by atoms with Crippen LogP contribution >= 0.6 is 0 Å². The SMILES string of the molecule is CN(CC(=O)Nc1cccc(F)c1)Cc1ncc(-c2ccccc2)o1. The molecular formula is C19H18FN3O2. The first-order valence-corrected chi connectivity index (χ1v) is 7.84. The zero-order valence-corrected chi connectivity index (χ0v) is 13.8. The first-order valence-electron chi connectivity index (χ1n) is 7.84. The van der Waals surface area contributed by atoms with Gasteiger partial charge in [-0.15, -0.1) is 0 Å². The van der Waals surface area contributed by atoms with Crippen molar-refractivity contribution in [2.75, 3.05) is 18.9 Å². The maximum Gasteiger partial charge on any atom is 0.238 e. The Hall–Kier alpha value is -2.99. The van der Waals surface area contributed by atoms with Crippen molar-refractivity contribution < 1.29 is 13.6 Å². The fourth-order valence-electron chi connectivity index (χ4n) is 2.42. The van der Waals surface area contributed by atoms with Crippen molar-refractivity contribution in [1.29, 1.82) is 0 Å². The van der Waals surface area contributed by atoms with Crippen LogP contribution in [0.15, 0.2) is 65.2 Å². The van der Waals surface area contributed by atoms with Gasteiger partial charge in [0.1, 0.15) is 5.82 Å². The van der Waals surface area contributed by atoms with Gasteiger partial charge >= 0.3 is 0 Å². The molecule has 3 rings (SSSR count). The summed E-state index contributed by atoms with van der Waals surface area (Å²) in [6, 6.07) is 15.5. The molecule has 0 aliphatic heterocycles. The van der Waals surface area contributed by atoms with Crippen LogP contribution in [0.25, 0.3) is 11.3 Å². The number of rotatable bonds is 6. The van der Waals surface area contributed by atoms with Crippen molar-refractivity contribution in [3.63, 3.8) is 0 Å². The van der Waals surface area contributed by atoms with Crippen molar-refractivity contribution in [3.8, 4) is 11.3 Å². The number of nitrogens with zero attached hydrogens (tertiary/aromatic N) is 2. The average molecular weight is 339 g/mol. The van der Waals surface area contributed by atoms with Crippen LogP contribution in [0.3, 0.4) is 0 Å². The Bertz CT molecular complexity index is 849. The van der Waals surface area contributed by atoms with Gasteiger partial charge in [-0.3, -0.25) is 9.69 Å². The lowest BCUT2D eigenvalue weighted by Crippen LogP contribution is -2.29. The van der Waals surface area contributed by atoms with E-state index in [1.807, 2.05) is 30.3 Å². The Balaban J connectivity index is 1.55. The lowest BCUT2D eigenvalue weighted by atomic mass is 10.2. The van der Waals surface area contributed by atoms with E-state index in [1.54, 1.807) is 30.3 Å². The number of hydrogen-bond donors (Lipinski definition) is 1. The molecule has 0 saturated carbocycles. The fourth-order valence-corrected chi connectivity index (χ4v) is 2.42. The molecule has 5 nitrogen and oxygen atoms in total. The van der Waals surface area contributed by atoms with E-state index in [-0.39, 0.29) is 18.3 Å². The Labute approximate surface area is 145 Å². The second-order valence-corrected chi connectivity index (χ2v) is 5.72. The molecule has 25 heavy (non-hydrogen) atoms. The van der Waals surface area contributed by atoms with Crippen LogP contribution in [0.2, 0.25) is 0 Å². The predicted molar refractivity (Wildman–Crippen MR) is 93.3 cm³/mol. The number of carbonyl (C=O) groups excluding carboxylic acids is 1. The molecule has 1 aromatic heterocycles. The molecule has 0 aliphatic carbocycles. The third-order valence-corrected chi connectivity index (χ3v) is 3.54. The summed E-state index contributed by atoms with van der Waals surface area (Å²) in [5.74, 6) is 0.593. The number of aromatic nitrogens is 1. The number of likely N-dealkylation sites (N-methyl/N-ethyl adjacent to an activating group) is 1. The highest BCUT2D eigenvalue weighted by molar-refractivity contribution is 5.92. The van der Waals surface area contributed by atoms with E-state index in [1.165, 1.54) is 12.1 Å². The van der Waals surface area contributed by atoms with Gasteiger partial charge < -0.3 is 9.73 Å². The molecule has 0 saturated heterocycles. The van der Waals surface area contributed by atoms with Gasteiger partial charge in [0.15, 0.2) is 5.76 Å². The highest BCUT2D eigenvalue weighted by Crippen LogP contribution is 2.20. The topological polar surface area (TPSA) is 58.4 Å². The maximum absolute atomic E-state index is 13.1. The van der Waals surface area contributed by atoms with Gasteiger partial charge in [0.25, 0.3) is 0 Å². The summed E-state index contributed by atoms with van der Waals surface area (Å²) in [4.78, 5) is 18.0. The molecular weight excluding hydrogens is 321 g/mol. The molecule has 2 aromatic carbocycles. The Morgan fingerprint density at radius 1 is 1.20 bits per heavy atom. The molecule has 0 spiro atoms. The number of halogens is 1. The number of hydrogen-bond acceptors (Lipinski definition) is 4. The van der Waals surface area contributed by atoms with Crippen LogP contribution in [0, 0.1) is 5.82 Å². The molecule has 1 amide bonds. The van der Waals surface area contributed by atoms with E-state index in [0.717, 1.165) is 5.56 Å². The highest BCUT2D eigenvalue weighted by Gasteiger charge is 2.12. The number of oxazole rings is 1. The minimum Gasteiger partial charge on any atom is -0.439 e. The molecule has 0 radical (unpaired) electrons. The lowest BCUT2D eigenvalue weighted by molar-refractivity contribution is -0.117. The molecule has 1 N–H and O–H groups in total. The summed E-state index contributed by atoms with van der Waals surface area (Å²) in [5.41, 5.74) is 1.38. The van der Waals surface area contributed by atoms with E-state index in [0.29, 0.717) is 23.9 Å². The van der Waals surface area contributed by atoms with Gasteiger partial charge in [-0.1, -0.05) is 36.4 Å². The number of amides is 1. The van der Waals surface area contributed by atoms with Crippen molar-refractivity contribution in [1.82, 2.24) is 9.88 Å². The molecule has 128 valence electrons. The zero-order valence-electron chi connectivity index (χ0n) is 13.8. The van der Waals surface area contributed by atoms with Crippen molar-refractivity contribution >= 4 is 11.6 Å². The number of anilines is 1. The van der Waals surface area contributed by atoms with E-state index in [9.17, 15) is 9.18 Å². The minimum atomic E-state index is -0.389. The molecule has 0 atom stereocenters. The van der Waals surface area contributed by atoms with Crippen molar-refractivity contribution in [2.24, 2.45) is 0 Å². The monoisotopic (exact) mass is 339 g/mol.